The van der Waals surface area contributed by atoms with Gasteiger partial charge in [-0.15, -0.1) is 0 Å². The molecule has 0 radical (unpaired) electrons. The number of para-hydroxylation sites is 1. The van der Waals surface area contributed by atoms with Crippen LogP contribution in [0, 0.1) is 0 Å². The molecule has 0 N–H and O–H groups in total. The summed E-state index contributed by atoms with van der Waals surface area (Å²) >= 11 is 0. The number of amides is 1. The molecule has 2 atom stereocenters. The van der Waals surface area contributed by atoms with Crippen molar-refractivity contribution in [3.8, 4) is 5.69 Å². The minimum absolute atomic E-state index is 0.100. The van der Waals surface area contributed by atoms with E-state index in [9.17, 15) is 4.79 Å². The van der Waals surface area contributed by atoms with Gasteiger partial charge in [0.15, 0.2) is 0 Å². The maximum Gasteiger partial charge on any atom is 0.273 e. The lowest BCUT2D eigenvalue weighted by Crippen LogP contribution is -2.51. The normalized spacial score (nSPS) is 25.8. The number of carbonyl (C=O) groups is 1. The number of nitrogens with zero attached hydrogens (tertiary/aromatic N) is 3. The van der Waals surface area contributed by atoms with E-state index in [1.807, 2.05) is 46.0 Å². The Morgan fingerprint density at radius 1 is 1.12 bits per heavy atom. The average molecular weight is 337 g/mol. The molecule has 1 aliphatic heterocycles. The summed E-state index contributed by atoms with van der Waals surface area (Å²) in [5.41, 5.74) is 2.71. The Morgan fingerprint density at radius 3 is 2.76 bits per heavy atom. The first kappa shape index (κ1) is 15.1. The summed E-state index contributed by atoms with van der Waals surface area (Å²) in [5.74, 6) is 0.629. The van der Waals surface area contributed by atoms with E-state index < -0.39 is 0 Å². The molecule has 2 aromatic rings. The molecule has 1 aromatic carbocycles. The van der Waals surface area contributed by atoms with Gasteiger partial charge in [-0.3, -0.25) is 4.79 Å². The second kappa shape index (κ2) is 5.99. The van der Waals surface area contributed by atoms with E-state index in [0.29, 0.717) is 24.8 Å². The summed E-state index contributed by atoms with van der Waals surface area (Å²) in [6.45, 7) is 1.32. The second-order valence-corrected chi connectivity index (χ2v) is 7.38. The molecule has 5 nitrogen and oxygen atoms in total. The summed E-state index contributed by atoms with van der Waals surface area (Å²) in [7, 11) is 0. The van der Waals surface area contributed by atoms with Crippen molar-refractivity contribution in [3.05, 3.63) is 47.8 Å². The van der Waals surface area contributed by atoms with Crippen LogP contribution in [0.3, 0.4) is 0 Å². The Kier molecular flexibility index (Phi) is 3.63. The van der Waals surface area contributed by atoms with E-state index >= 15 is 0 Å². The predicted octanol–water partition coefficient (Wildman–Crippen LogP) is 3.14. The first-order chi connectivity index (χ1) is 12.3. The van der Waals surface area contributed by atoms with Gasteiger partial charge in [-0.05, 0) is 50.3 Å². The number of ether oxygens (including phenoxy) is 1. The van der Waals surface area contributed by atoms with E-state index in [2.05, 4.69) is 0 Å². The van der Waals surface area contributed by atoms with Crippen LogP contribution in [0.4, 0.5) is 0 Å². The molecule has 25 heavy (non-hydrogen) atoms. The van der Waals surface area contributed by atoms with Gasteiger partial charge in [-0.1, -0.05) is 18.2 Å². The van der Waals surface area contributed by atoms with Gasteiger partial charge in [0, 0.05) is 12.5 Å². The third kappa shape index (κ3) is 2.67. The Hall–Kier alpha value is -2.14. The van der Waals surface area contributed by atoms with E-state index in [-0.39, 0.29) is 18.1 Å². The van der Waals surface area contributed by atoms with Gasteiger partial charge in [-0.2, -0.15) is 5.10 Å². The zero-order chi connectivity index (χ0) is 16.8. The van der Waals surface area contributed by atoms with Crippen molar-refractivity contribution in [2.24, 2.45) is 0 Å². The zero-order valence-corrected chi connectivity index (χ0v) is 14.3. The lowest BCUT2D eigenvalue weighted by molar-refractivity contribution is -0.0448. The third-order valence-corrected chi connectivity index (χ3v) is 5.69. The highest BCUT2D eigenvalue weighted by Crippen LogP contribution is 2.40. The zero-order valence-electron chi connectivity index (χ0n) is 14.3. The molecule has 0 unspecified atom stereocenters. The SMILES string of the molecule is O=C(c1cc(C2CC2)nn1-c1ccccc1)N1CCO[C@H]2CCC[C@@H]21. The summed E-state index contributed by atoms with van der Waals surface area (Å²) in [6, 6.07) is 12.2. The molecule has 2 heterocycles. The van der Waals surface area contributed by atoms with Crippen molar-refractivity contribution in [1.29, 1.82) is 0 Å². The molecule has 3 fully saturated rings. The van der Waals surface area contributed by atoms with Gasteiger partial charge in [0.25, 0.3) is 5.91 Å². The standard InChI is InChI=1S/C20H23N3O2/c24-20(22-11-12-25-19-8-4-7-17(19)22)18-13-16(14-9-10-14)21-23(18)15-5-2-1-3-6-15/h1-3,5-6,13-14,17,19H,4,7-12H2/t17-,19-/m0/s1. The summed E-state index contributed by atoms with van der Waals surface area (Å²) in [5, 5.41) is 4.78. The molecule has 5 heteroatoms. The highest BCUT2D eigenvalue weighted by Gasteiger charge is 2.40. The average Bonchev–Trinajstić information content (AvgIpc) is 3.22. The molecular weight excluding hydrogens is 314 g/mol. The molecule has 130 valence electrons. The van der Waals surface area contributed by atoms with Gasteiger partial charge in [-0.25, -0.2) is 4.68 Å². The molecule has 2 saturated carbocycles. The second-order valence-electron chi connectivity index (χ2n) is 7.38. The smallest absolute Gasteiger partial charge is 0.273 e. The Bertz CT molecular complexity index is 781. The Labute approximate surface area is 147 Å². The Morgan fingerprint density at radius 2 is 1.96 bits per heavy atom. The van der Waals surface area contributed by atoms with Crippen molar-refractivity contribution >= 4 is 5.91 Å². The molecule has 2 aliphatic carbocycles. The first-order valence-electron chi connectivity index (χ1n) is 9.39. The number of carbonyl (C=O) groups excluding carboxylic acids is 1. The third-order valence-electron chi connectivity index (χ3n) is 5.69. The Balaban J connectivity index is 1.52. The number of hydrogen-bond donors (Lipinski definition) is 0. The van der Waals surface area contributed by atoms with Crippen molar-refractivity contribution in [2.45, 2.75) is 50.2 Å². The quantitative estimate of drug-likeness (QED) is 0.864. The van der Waals surface area contributed by atoms with Gasteiger partial charge >= 0.3 is 0 Å². The molecule has 3 aliphatic rings. The number of morpholine rings is 1. The molecule has 1 saturated heterocycles. The summed E-state index contributed by atoms with van der Waals surface area (Å²) in [4.78, 5) is 15.4. The fourth-order valence-electron chi connectivity index (χ4n) is 4.22. The monoisotopic (exact) mass is 337 g/mol. The van der Waals surface area contributed by atoms with Crippen LogP contribution in [0.15, 0.2) is 36.4 Å². The van der Waals surface area contributed by atoms with Gasteiger partial charge < -0.3 is 9.64 Å². The van der Waals surface area contributed by atoms with E-state index in [1.54, 1.807) is 0 Å². The van der Waals surface area contributed by atoms with Crippen LogP contribution >= 0.6 is 0 Å². The number of aromatic nitrogens is 2. The number of fused-ring (bicyclic) bond motifs is 1. The highest BCUT2D eigenvalue weighted by molar-refractivity contribution is 5.93. The lowest BCUT2D eigenvalue weighted by atomic mass is 10.1. The topological polar surface area (TPSA) is 47.4 Å². The van der Waals surface area contributed by atoms with E-state index in [0.717, 1.165) is 30.6 Å². The molecule has 5 rings (SSSR count). The van der Waals surface area contributed by atoms with Crippen molar-refractivity contribution in [3.63, 3.8) is 0 Å². The molecule has 1 aromatic heterocycles. The fourth-order valence-corrected chi connectivity index (χ4v) is 4.22. The molecular formula is C20H23N3O2. The minimum Gasteiger partial charge on any atom is -0.374 e. The molecule has 1 amide bonds. The number of benzene rings is 1. The van der Waals surface area contributed by atoms with Crippen molar-refractivity contribution < 1.29 is 9.53 Å². The van der Waals surface area contributed by atoms with Gasteiger partial charge in [0.2, 0.25) is 0 Å². The van der Waals surface area contributed by atoms with Crippen LogP contribution in [-0.4, -0.2) is 45.9 Å². The van der Waals surface area contributed by atoms with Crippen LogP contribution in [0.1, 0.15) is 54.2 Å². The van der Waals surface area contributed by atoms with E-state index in [4.69, 9.17) is 9.84 Å². The molecule has 0 spiro atoms. The van der Waals surface area contributed by atoms with Crippen LogP contribution in [0.2, 0.25) is 0 Å². The summed E-state index contributed by atoms with van der Waals surface area (Å²) < 4.78 is 7.71. The lowest BCUT2D eigenvalue weighted by Gasteiger charge is -2.37. The fraction of sp³-hybridized carbons (Fsp3) is 0.500. The maximum absolute atomic E-state index is 13.4. The van der Waals surface area contributed by atoms with Crippen molar-refractivity contribution in [2.75, 3.05) is 13.2 Å². The van der Waals surface area contributed by atoms with Crippen LogP contribution in [0.5, 0.6) is 0 Å². The number of rotatable bonds is 3. The van der Waals surface area contributed by atoms with Gasteiger partial charge in [0.1, 0.15) is 5.69 Å². The number of hydrogen-bond acceptors (Lipinski definition) is 3. The maximum atomic E-state index is 13.4. The van der Waals surface area contributed by atoms with Crippen LogP contribution in [0.25, 0.3) is 5.69 Å². The van der Waals surface area contributed by atoms with Gasteiger partial charge in [0.05, 0.1) is 30.1 Å². The van der Waals surface area contributed by atoms with Crippen LogP contribution < -0.4 is 0 Å². The highest BCUT2D eigenvalue weighted by atomic mass is 16.5. The predicted molar refractivity (Wildman–Crippen MR) is 94.0 cm³/mol. The summed E-state index contributed by atoms with van der Waals surface area (Å²) in [6.07, 6.45) is 5.84. The van der Waals surface area contributed by atoms with Crippen LogP contribution in [-0.2, 0) is 4.74 Å². The largest absolute Gasteiger partial charge is 0.374 e. The molecule has 0 bridgehead atoms. The minimum atomic E-state index is 0.100. The van der Waals surface area contributed by atoms with Crippen molar-refractivity contribution in [1.82, 2.24) is 14.7 Å². The van der Waals surface area contributed by atoms with E-state index in [1.165, 1.54) is 12.8 Å². The first-order valence-corrected chi connectivity index (χ1v) is 9.39.